The van der Waals surface area contributed by atoms with Gasteiger partial charge in [-0.25, -0.2) is 0 Å². The van der Waals surface area contributed by atoms with E-state index in [4.69, 9.17) is 4.74 Å². The van der Waals surface area contributed by atoms with Crippen LogP contribution in [0.3, 0.4) is 0 Å². The third kappa shape index (κ3) is 5.70. The number of carboxylic acids is 1. The summed E-state index contributed by atoms with van der Waals surface area (Å²) in [5.74, 6) is 2.49. The molecule has 1 saturated heterocycles. The Bertz CT molecular complexity index is 1380. The molecule has 276 valence electrons. The molecule has 5 aliphatic carbocycles. The van der Waals surface area contributed by atoms with Gasteiger partial charge in [0.25, 0.3) is 0 Å². The molecular formula is C41H65NO6S. The van der Waals surface area contributed by atoms with Crippen molar-refractivity contribution in [1.29, 1.82) is 0 Å². The molecule has 6 rings (SSSR count). The number of nitrogens with zero attached hydrogens (tertiary/aromatic N) is 1. The first-order chi connectivity index (χ1) is 22.7. The lowest BCUT2D eigenvalue weighted by atomic mass is 9.33. The minimum atomic E-state index is -1.15. The SMILES string of the molecule is CC(C)C1=C2[C@H]3CC[C@@H]4[C@@]5(C)CC[C@H](OC(=O)CC(C)(C)C(=O)O)C(C)(C)[C@@H]5CC[C@@]4(C)[C@]3(C)CC[C@@]2([C@H](O)CN2CCSCC2)CC1=O. The molecule has 1 heterocycles. The number of carboxylic acid groups (broad SMARTS) is 1. The molecule has 6 aliphatic rings. The van der Waals surface area contributed by atoms with E-state index in [9.17, 15) is 24.6 Å². The first-order valence-electron chi connectivity index (χ1n) is 19.4. The number of carbonyl (C=O) groups is 3. The van der Waals surface area contributed by atoms with Gasteiger partial charge in [-0.15, -0.1) is 0 Å². The number of carbonyl (C=O) groups excluding carboxylic acids is 2. The molecule has 0 spiro atoms. The Labute approximate surface area is 300 Å². The number of Topliss-reactive ketones (excluding diaryl/α,β-unsaturated/α-hetero) is 1. The second-order valence-corrected chi connectivity index (χ2v) is 20.7. The highest BCUT2D eigenvalue weighted by atomic mass is 32.2. The van der Waals surface area contributed by atoms with E-state index in [0.29, 0.717) is 30.7 Å². The van der Waals surface area contributed by atoms with Crippen LogP contribution in [-0.2, 0) is 19.1 Å². The minimum absolute atomic E-state index is 0.0326. The maximum atomic E-state index is 14.0. The topological polar surface area (TPSA) is 104 Å². The number of aliphatic hydroxyl groups is 1. The highest BCUT2D eigenvalue weighted by Crippen LogP contribution is 2.77. The molecule has 0 radical (unpaired) electrons. The van der Waals surface area contributed by atoms with Crippen molar-refractivity contribution in [3.05, 3.63) is 11.1 Å². The van der Waals surface area contributed by atoms with Gasteiger partial charge in [-0.3, -0.25) is 19.3 Å². The van der Waals surface area contributed by atoms with Crippen LogP contribution in [0.5, 0.6) is 0 Å². The Kier molecular flexibility index (Phi) is 9.64. The molecule has 7 nitrogen and oxygen atoms in total. The molecule has 0 aromatic rings. The average Bonchev–Trinajstić information content (AvgIpc) is 3.32. The van der Waals surface area contributed by atoms with E-state index in [-0.39, 0.29) is 45.9 Å². The normalized spacial score (nSPS) is 41.4. The summed E-state index contributed by atoms with van der Waals surface area (Å²) < 4.78 is 6.16. The van der Waals surface area contributed by atoms with E-state index in [1.807, 2.05) is 11.8 Å². The molecule has 0 aromatic carbocycles. The van der Waals surface area contributed by atoms with Gasteiger partial charge < -0.3 is 14.9 Å². The van der Waals surface area contributed by atoms with Crippen molar-refractivity contribution in [3.8, 4) is 0 Å². The van der Waals surface area contributed by atoms with Gasteiger partial charge in [0, 0.05) is 48.4 Å². The van der Waals surface area contributed by atoms with Crippen molar-refractivity contribution in [2.45, 2.75) is 139 Å². The summed E-state index contributed by atoms with van der Waals surface area (Å²) >= 11 is 1.99. The molecular weight excluding hydrogens is 635 g/mol. The average molecular weight is 700 g/mol. The molecule has 49 heavy (non-hydrogen) atoms. The van der Waals surface area contributed by atoms with Crippen molar-refractivity contribution < 1.29 is 29.3 Å². The molecule has 4 saturated carbocycles. The lowest BCUT2D eigenvalue weighted by molar-refractivity contribution is -0.235. The molecule has 0 aromatic heterocycles. The van der Waals surface area contributed by atoms with Crippen LogP contribution in [0.15, 0.2) is 11.1 Å². The van der Waals surface area contributed by atoms with Gasteiger partial charge in [0.15, 0.2) is 5.78 Å². The smallest absolute Gasteiger partial charge is 0.309 e. The Balaban J connectivity index is 1.29. The number of aliphatic carboxylic acids is 1. The number of aliphatic hydroxyl groups excluding tert-OH is 1. The second-order valence-electron chi connectivity index (χ2n) is 19.5. The monoisotopic (exact) mass is 699 g/mol. The van der Waals surface area contributed by atoms with Crippen LogP contribution in [0.4, 0.5) is 0 Å². The fourth-order valence-corrected chi connectivity index (χ4v) is 14.1. The molecule has 0 amide bonds. The van der Waals surface area contributed by atoms with Gasteiger partial charge in [0.2, 0.25) is 0 Å². The number of allylic oxidation sites excluding steroid dienone is 1. The highest BCUT2D eigenvalue weighted by molar-refractivity contribution is 7.99. The summed E-state index contributed by atoms with van der Waals surface area (Å²) in [6.45, 7) is 22.5. The van der Waals surface area contributed by atoms with Gasteiger partial charge in [0.05, 0.1) is 17.9 Å². The molecule has 0 bridgehead atoms. The van der Waals surface area contributed by atoms with Crippen LogP contribution in [0, 0.1) is 56.2 Å². The third-order valence-electron chi connectivity index (χ3n) is 16.0. The van der Waals surface area contributed by atoms with E-state index in [2.05, 4.69) is 53.4 Å². The standard InChI is InChI=1S/C41H65NO6S/c1-25(2)33-27(43)22-41(30(44)24-42-18-20-49-21-19-42)17-16-39(8)26(34(33)41)10-11-29-38(7)14-13-31(48-32(45)23-36(3,4)35(46)47)37(5,6)28(38)12-15-40(29,39)9/h25-26,28-31,44H,10-24H2,1-9H3,(H,46,47)/t26-,28+,29-,30-,31+,38+,39-,40-,41+/m1/s1. The van der Waals surface area contributed by atoms with Crippen molar-refractivity contribution in [3.63, 3.8) is 0 Å². The zero-order chi connectivity index (χ0) is 35.9. The molecule has 0 unspecified atom stereocenters. The van der Waals surface area contributed by atoms with Crippen LogP contribution in [0.25, 0.3) is 0 Å². The van der Waals surface area contributed by atoms with Crippen LogP contribution < -0.4 is 0 Å². The van der Waals surface area contributed by atoms with Gasteiger partial charge >= 0.3 is 11.9 Å². The van der Waals surface area contributed by atoms with Gasteiger partial charge in [0.1, 0.15) is 6.10 Å². The van der Waals surface area contributed by atoms with E-state index in [1.165, 1.54) is 5.57 Å². The summed E-state index contributed by atoms with van der Waals surface area (Å²) in [6, 6.07) is 0. The summed E-state index contributed by atoms with van der Waals surface area (Å²) in [7, 11) is 0. The van der Waals surface area contributed by atoms with Crippen molar-refractivity contribution >= 4 is 29.5 Å². The number of esters is 1. The lowest BCUT2D eigenvalue weighted by Crippen LogP contribution is -2.66. The number of fused-ring (bicyclic) bond motifs is 7. The Morgan fingerprint density at radius 3 is 2.24 bits per heavy atom. The number of thioether (sulfide) groups is 1. The largest absolute Gasteiger partial charge is 0.481 e. The summed E-state index contributed by atoms with van der Waals surface area (Å²) in [6.07, 6.45) is 7.71. The number of hydrogen-bond acceptors (Lipinski definition) is 7. The third-order valence-corrected chi connectivity index (χ3v) is 17.0. The van der Waals surface area contributed by atoms with Crippen LogP contribution in [0.2, 0.25) is 0 Å². The van der Waals surface area contributed by atoms with E-state index in [0.717, 1.165) is 81.5 Å². The van der Waals surface area contributed by atoms with Gasteiger partial charge in [-0.05, 0) is 111 Å². The molecule has 8 heteroatoms. The minimum Gasteiger partial charge on any atom is -0.481 e. The van der Waals surface area contributed by atoms with Gasteiger partial charge in [-0.2, -0.15) is 11.8 Å². The molecule has 5 fully saturated rings. The quantitative estimate of drug-likeness (QED) is 0.248. The molecule has 9 atom stereocenters. The number of ketones is 1. The number of ether oxygens (including phenoxy) is 1. The molecule has 2 N–H and O–H groups in total. The van der Waals surface area contributed by atoms with Crippen LogP contribution in [0.1, 0.15) is 127 Å². The van der Waals surface area contributed by atoms with Crippen molar-refractivity contribution in [1.82, 2.24) is 4.90 Å². The highest BCUT2D eigenvalue weighted by Gasteiger charge is 2.70. The molecule has 1 aliphatic heterocycles. The van der Waals surface area contributed by atoms with Crippen LogP contribution in [-0.4, -0.2) is 76.2 Å². The predicted molar refractivity (Wildman–Crippen MR) is 195 cm³/mol. The fourth-order valence-electron chi connectivity index (χ4n) is 13.1. The zero-order valence-electron chi connectivity index (χ0n) is 32.0. The van der Waals surface area contributed by atoms with Gasteiger partial charge in [-0.1, -0.05) is 54.0 Å². The number of rotatable bonds is 8. The zero-order valence-corrected chi connectivity index (χ0v) is 32.8. The second kappa shape index (κ2) is 12.6. The first-order valence-corrected chi connectivity index (χ1v) is 20.6. The van der Waals surface area contributed by atoms with Crippen molar-refractivity contribution in [2.24, 2.45) is 56.2 Å². The maximum Gasteiger partial charge on any atom is 0.309 e. The summed E-state index contributed by atoms with van der Waals surface area (Å²) in [5.41, 5.74) is 0.801. The fraction of sp³-hybridized carbons (Fsp3) is 0.878. The van der Waals surface area contributed by atoms with Crippen LogP contribution >= 0.6 is 11.8 Å². The van der Waals surface area contributed by atoms with E-state index >= 15 is 0 Å². The number of hydrogen-bond donors (Lipinski definition) is 2. The van der Waals surface area contributed by atoms with Crippen molar-refractivity contribution in [2.75, 3.05) is 31.1 Å². The first kappa shape index (κ1) is 37.4. The Morgan fingerprint density at radius 1 is 0.939 bits per heavy atom. The summed E-state index contributed by atoms with van der Waals surface area (Å²) in [4.78, 5) is 41.2. The van der Waals surface area contributed by atoms with E-state index in [1.54, 1.807) is 13.8 Å². The van der Waals surface area contributed by atoms with E-state index < -0.39 is 28.9 Å². The summed E-state index contributed by atoms with van der Waals surface area (Å²) in [5, 5.41) is 21.8. The number of β-amino-alcohol motifs (C(OH)–C–C–N with tert-alkyl or cyclic N) is 1. The Morgan fingerprint density at radius 2 is 1.61 bits per heavy atom. The maximum absolute atomic E-state index is 14.0. The lowest BCUT2D eigenvalue weighted by Gasteiger charge is -2.72. The Hall–Kier alpha value is -1.38. The predicted octanol–water partition coefficient (Wildman–Crippen LogP) is 7.79.